The van der Waals surface area contributed by atoms with E-state index < -0.39 is 28.1 Å². The van der Waals surface area contributed by atoms with Crippen LogP contribution in [0.5, 0.6) is 5.75 Å². The standard InChI is InChI=1S/C20H29N7O6S/c1-13-8-27(14(2)11-28)20(30)16-7-15(22-19(29)10-26-12-21-23-24-26)5-6-17(16)33-18(13)9-25(3)34(4,31)32/h5-7,12-14,18,28H,8-11H2,1-4H3,(H,22,29)/t13-,14+,18-/m0/s1. The van der Waals surface area contributed by atoms with Gasteiger partial charge in [-0.2, -0.15) is 0 Å². The second kappa shape index (κ2) is 10.4. The number of likely N-dealkylation sites (N-methyl/N-ethyl adjacent to an activating group) is 1. The minimum atomic E-state index is -3.44. The van der Waals surface area contributed by atoms with E-state index in [0.29, 0.717) is 5.69 Å². The largest absolute Gasteiger partial charge is 0.488 e. The van der Waals surface area contributed by atoms with Crippen molar-refractivity contribution in [1.82, 2.24) is 29.4 Å². The van der Waals surface area contributed by atoms with Gasteiger partial charge in [0.15, 0.2) is 0 Å². The van der Waals surface area contributed by atoms with Crippen LogP contribution in [0.15, 0.2) is 24.5 Å². The number of fused-ring (bicyclic) bond motifs is 1. The highest BCUT2D eigenvalue weighted by molar-refractivity contribution is 7.88. The van der Waals surface area contributed by atoms with Gasteiger partial charge in [0.2, 0.25) is 15.9 Å². The lowest BCUT2D eigenvalue weighted by Gasteiger charge is -2.38. The first kappa shape index (κ1) is 25.5. The molecule has 0 saturated heterocycles. The molecular formula is C20H29N7O6S. The van der Waals surface area contributed by atoms with Crippen LogP contribution in [-0.2, 0) is 21.4 Å². The molecule has 1 aliphatic heterocycles. The molecule has 0 aliphatic carbocycles. The molecule has 0 spiro atoms. The van der Waals surface area contributed by atoms with Crippen molar-refractivity contribution in [2.24, 2.45) is 5.92 Å². The number of carbonyl (C=O) groups excluding carboxylic acids is 2. The summed E-state index contributed by atoms with van der Waals surface area (Å²) >= 11 is 0. The molecule has 2 heterocycles. The molecule has 186 valence electrons. The molecule has 34 heavy (non-hydrogen) atoms. The summed E-state index contributed by atoms with van der Waals surface area (Å²) < 4.78 is 32.5. The van der Waals surface area contributed by atoms with Gasteiger partial charge >= 0.3 is 0 Å². The van der Waals surface area contributed by atoms with Gasteiger partial charge < -0.3 is 20.1 Å². The molecule has 0 saturated carbocycles. The molecule has 1 aromatic carbocycles. The number of amides is 2. The van der Waals surface area contributed by atoms with E-state index in [1.807, 2.05) is 6.92 Å². The lowest BCUT2D eigenvalue weighted by Crippen LogP contribution is -2.50. The summed E-state index contributed by atoms with van der Waals surface area (Å²) in [6.07, 6.45) is 1.86. The van der Waals surface area contributed by atoms with Crippen LogP contribution in [-0.4, -0.2) is 99.9 Å². The monoisotopic (exact) mass is 495 g/mol. The maximum Gasteiger partial charge on any atom is 0.258 e. The summed E-state index contributed by atoms with van der Waals surface area (Å²) in [7, 11) is -1.98. The molecule has 3 rings (SSSR count). The number of aliphatic hydroxyl groups excluding tert-OH is 1. The van der Waals surface area contributed by atoms with Crippen LogP contribution in [0.4, 0.5) is 5.69 Å². The second-order valence-electron chi connectivity index (χ2n) is 8.43. The molecule has 2 aromatic rings. The maximum absolute atomic E-state index is 13.4. The average Bonchev–Trinajstić information content (AvgIpc) is 3.28. The van der Waals surface area contributed by atoms with Gasteiger partial charge in [0.05, 0.1) is 31.0 Å². The number of aliphatic hydroxyl groups is 1. The maximum atomic E-state index is 13.4. The van der Waals surface area contributed by atoms with Gasteiger partial charge in [0.1, 0.15) is 24.7 Å². The SMILES string of the molecule is C[C@H](CO)N1C[C@H](C)[C@H](CN(C)S(C)(=O)=O)Oc2ccc(NC(=O)Cn3cnnn3)cc2C1=O. The van der Waals surface area contributed by atoms with E-state index in [-0.39, 0.29) is 49.4 Å². The number of hydrogen-bond donors (Lipinski definition) is 2. The van der Waals surface area contributed by atoms with Crippen LogP contribution in [0, 0.1) is 5.92 Å². The zero-order valence-electron chi connectivity index (χ0n) is 19.4. The summed E-state index contributed by atoms with van der Waals surface area (Å²) in [5, 5.41) is 23.0. The van der Waals surface area contributed by atoms with Gasteiger partial charge in [0.25, 0.3) is 5.91 Å². The average molecular weight is 496 g/mol. The van der Waals surface area contributed by atoms with E-state index in [1.54, 1.807) is 19.1 Å². The van der Waals surface area contributed by atoms with Crippen LogP contribution in [0.25, 0.3) is 0 Å². The number of benzene rings is 1. The Kier molecular flexibility index (Phi) is 7.84. The first-order chi connectivity index (χ1) is 16.0. The Hall–Kier alpha value is -3.10. The van der Waals surface area contributed by atoms with Crippen molar-refractivity contribution in [2.45, 2.75) is 32.5 Å². The third-order valence-electron chi connectivity index (χ3n) is 5.65. The highest BCUT2D eigenvalue weighted by Crippen LogP contribution is 2.30. The lowest BCUT2D eigenvalue weighted by molar-refractivity contribution is -0.116. The van der Waals surface area contributed by atoms with Crippen molar-refractivity contribution >= 4 is 27.5 Å². The fourth-order valence-corrected chi connectivity index (χ4v) is 3.93. The van der Waals surface area contributed by atoms with Crippen molar-refractivity contribution in [2.75, 3.05) is 38.3 Å². The van der Waals surface area contributed by atoms with Gasteiger partial charge in [-0.1, -0.05) is 6.92 Å². The fraction of sp³-hybridized carbons (Fsp3) is 0.550. The number of tetrazole rings is 1. The van der Waals surface area contributed by atoms with E-state index in [0.717, 1.165) is 6.26 Å². The summed E-state index contributed by atoms with van der Waals surface area (Å²) in [5.74, 6) is -0.730. The number of hydrogen-bond acceptors (Lipinski definition) is 9. The van der Waals surface area contributed by atoms with E-state index in [2.05, 4.69) is 20.8 Å². The highest BCUT2D eigenvalue weighted by Gasteiger charge is 2.34. The third kappa shape index (κ3) is 6.07. The first-order valence-electron chi connectivity index (χ1n) is 10.6. The number of anilines is 1. The normalized spacial score (nSPS) is 19.7. The highest BCUT2D eigenvalue weighted by atomic mass is 32.2. The van der Waals surface area contributed by atoms with Gasteiger partial charge in [-0.05, 0) is 35.5 Å². The Bertz CT molecular complexity index is 1120. The Morgan fingerprint density at radius 3 is 2.76 bits per heavy atom. The molecule has 2 amide bonds. The summed E-state index contributed by atoms with van der Waals surface area (Å²) in [5.41, 5.74) is 0.559. The summed E-state index contributed by atoms with van der Waals surface area (Å²) in [6, 6.07) is 4.17. The fourth-order valence-electron chi connectivity index (χ4n) is 3.51. The Morgan fingerprint density at radius 2 is 2.15 bits per heavy atom. The van der Waals surface area contributed by atoms with Gasteiger partial charge in [-0.15, -0.1) is 5.10 Å². The molecular weight excluding hydrogens is 466 g/mol. The van der Waals surface area contributed by atoms with Crippen molar-refractivity contribution < 1.29 is 27.9 Å². The third-order valence-corrected chi connectivity index (χ3v) is 6.93. The Morgan fingerprint density at radius 1 is 1.41 bits per heavy atom. The zero-order valence-corrected chi connectivity index (χ0v) is 20.3. The van der Waals surface area contributed by atoms with Crippen LogP contribution >= 0.6 is 0 Å². The molecule has 0 bridgehead atoms. The quantitative estimate of drug-likeness (QED) is 0.488. The van der Waals surface area contributed by atoms with Crippen molar-refractivity contribution in [1.29, 1.82) is 0 Å². The Balaban J connectivity index is 1.92. The van der Waals surface area contributed by atoms with Crippen LogP contribution in [0.2, 0.25) is 0 Å². The zero-order chi connectivity index (χ0) is 25.0. The summed E-state index contributed by atoms with van der Waals surface area (Å²) in [6.45, 7) is 3.56. The predicted molar refractivity (Wildman–Crippen MR) is 122 cm³/mol. The van der Waals surface area contributed by atoms with E-state index in [4.69, 9.17) is 4.74 Å². The first-order valence-corrected chi connectivity index (χ1v) is 12.5. The van der Waals surface area contributed by atoms with E-state index in [9.17, 15) is 23.1 Å². The number of nitrogens with one attached hydrogen (secondary N) is 1. The number of nitrogens with zero attached hydrogens (tertiary/aromatic N) is 6. The number of carbonyl (C=O) groups is 2. The predicted octanol–water partition coefficient (Wildman–Crippen LogP) is -0.577. The molecule has 0 unspecified atom stereocenters. The molecule has 13 nitrogen and oxygen atoms in total. The van der Waals surface area contributed by atoms with Gasteiger partial charge in [0, 0.05) is 25.2 Å². The number of sulfonamides is 1. The number of rotatable bonds is 8. The minimum absolute atomic E-state index is 0.0827. The molecule has 1 aromatic heterocycles. The topological polar surface area (TPSA) is 160 Å². The minimum Gasteiger partial charge on any atom is -0.488 e. The van der Waals surface area contributed by atoms with Crippen LogP contribution < -0.4 is 10.1 Å². The van der Waals surface area contributed by atoms with Crippen LogP contribution in [0.1, 0.15) is 24.2 Å². The smallest absolute Gasteiger partial charge is 0.258 e. The molecule has 2 N–H and O–H groups in total. The summed E-state index contributed by atoms with van der Waals surface area (Å²) in [4.78, 5) is 27.3. The molecule has 3 atom stereocenters. The van der Waals surface area contributed by atoms with Gasteiger partial charge in [-0.25, -0.2) is 17.4 Å². The van der Waals surface area contributed by atoms with Crippen molar-refractivity contribution in [3.8, 4) is 5.75 Å². The molecule has 0 fully saturated rings. The van der Waals surface area contributed by atoms with E-state index >= 15 is 0 Å². The van der Waals surface area contributed by atoms with Gasteiger partial charge in [-0.3, -0.25) is 9.59 Å². The molecule has 0 radical (unpaired) electrons. The van der Waals surface area contributed by atoms with E-state index in [1.165, 1.54) is 33.3 Å². The Labute approximate surface area is 197 Å². The molecule has 1 aliphatic rings. The molecule has 14 heteroatoms. The van der Waals surface area contributed by atoms with Crippen LogP contribution in [0.3, 0.4) is 0 Å². The number of aromatic nitrogens is 4. The van der Waals surface area contributed by atoms with Crippen molar-refractivity contribution in [3.05, 3.63) is 30.1 Å². The lowest BCUT2D eigenvalue weighted by atomic mass is 9.99. The second-order valence-corrected chi connectivity index (χ2v) is 10.5. The number of ether oxygens (including phenoxy) is 1. The van der Waals surface area contributed by atoms with Crippen molar-refractivity contribution in [3.63, 3.8) is 0 Å².